The Hall–Kier alpha value is -1.40. The van der Waals surface area contributed by atoms with Crippen molar-refractivity contribution >= 4 is 11.9 Å². The van der Waals surface area contributed by atoms with Crippen molar-refractivity contribution in [3.8, 4) is 0 Å². The highest BCUT2D eigenvalue weighted by atomic mass is 16.5. The maximum absolute atomic E-state index is 12.5. The van der Waals surface area contributed by atoms with Crippen molar-refractivity contribution < 1.29 is 24.5 Å². The Balaban J connectivity index is 3.34. The third-order valence-electron chi connectivity index (χ3n) is 15.1. The van der Waals surface area contributed by atoms with Gasteiger partial charge in [-0.25, -0.2) is 0 Å². The van der Waals surface area contributed by atoms with Gasteiger partial charge in [0.2, 0.25) is 5.91 Å². The molecule has 6 nitrogen and oxygen atoms in total. The molecule has 2 unspecified atom stereocenters. The molecule has 6 heteroatoms. The van der Waals surface area contributed by atoms with E-state index < -0.39 is 12.1 Å². The summed E-state index contributed by atoms with van der Waals surface area (Å²) < 4.78 is 5.47. The monoisotopic (exact) mass is 988 g/mol. The fraction of sp³-hybridized carbons (Fsp3) is 0.938. The van der Waals surface area contributed by atoms with Crippen LogP contribution in [0.15, 0.2) is 12.2 Å². The number of esters is 1. The molecule has 1 amide bonds. The smallest absolute Gasteiger partial charge is 0.305 e. The molecule has 70 heavy (non-hydrogen) atoms. The summed E-state index contributed by atoms with van der Waals surface area (Å²) >= 11 is 0. The largest absolute Gasteiger partial charge is 0.466 e. The molecule has 0 aliphatic heterocycles. The van der Waals surface area contributed by atoms with Crippen molar-refractivity contribution in [3.05, 3.63) is 12.2 Å². The summed E-state index contributed by atoms with van der Waals surface area (Å²) in [7, 11) is 0. The predicted octanol–water partition coefficient (Wildman–Crippen LogP) is 20.0. The van der Waals surface area contributed by atoms with Crippen LogP contribution in [0.25, 0.3) is 0 Å². The first-order valence-corrected chi connectivity index (χ1v) is 31.9. The van der Waals surface area contributed by atoms with E-state index in [4.69, 9.17) is 4.74 Å². The number of carbonyl (C=O) groups is 2. The Kier molecular flexibility index (Phi) is 59.0. The summed E-state index contributed by atoms with van der Waals surface area (Å²) in [4.78, 5) is 24.5. The lowest BCUT2D eigenvalue weighted by atomic mass is 10.0. The minimum Gasteiger partial charge on any atom is -0.466 e. The lowest BCUT2D eigenvalue weighted by Gasteiger charge is -2.22. The minimum atomic E-state index is -0.661. The predicted molar refractivity (Wildman–Crippen MR) is 306 cm³/mol. The van der Waals surface area contributed by atoms with E-state index in [0.717, 1.165) is 38.5 Å². The van der Waals surface area contributed by atoms with Crippen LogP contribution in [0, 0.1) is 0 Å². The maximum atomic E-state index is 12.5. The second-order valence-corrected chi connectivity index (χ2v) is 22.1. The molecule has 0 bridgehead atoms. The zero-order valence-electron chi connectivity index (χ0n) is 47.5. The highest BCUT2D eigenvalue weighted by Gasteiger charge is 2.20. The van der Waals surface area contributed by atoms with E-state index in [-0.39, 0.29) is 18.5 Å². The molecular weight excluding hydrogens is 863 g/mol. The van der Waals surface area contributed by atoms with E-state index in [1.54, 1.807) is 0 Å². The van der Waals surface area contributed by atoms with Crippen molar-refractivity contribution in [1.29, 1.82) is 0 Å². The summed E-state index contributed by atoms with van der Waals surface area (Å²) in [5, 5.41) is 23.2. The third-order valence-corrected chi connectivity index (χ3v) is 15.1. The summed E-state index contributed by atoms with van der Waals surface area (Å²) in [5.74, 6) is -0.0148. The van der Waals surface area contributed by atoms with Gasteiger partial charge in [0.15, 0.2) is 0 Å². The molecule has 0 rings (SSSR count). The number of ether oxygens (including phenoxy) is 1. The van der Waals surface area contributed by atoms with Gasteiger partial charge in [0.05, 0.1) is 25.4 Å². The summed E-state index contributed by atoms with van der Waals surface area (Å²) in [6.07, 6.45) is 72.4. The van der Waals surface area contributed by atoms with Gasteiger partial charge in [-0.05, 0) is 51.4 Å². The number of aliphatic hydroxyl groups excluding tert-OH is 2. The Morgan fingerprint density at radius 1 is 0.386 bits per heavy atom. The molecule has 0 aliphatic rings. The van der Waals surface area contributed by atoms with Crippen LogP contribution in [-0.2, 0) is 14.3 Å². The Morgan fingerprint density at radius 2 is 0.671 bits per heavy atom. The van der Waals surface area contributed by atoms with Crippen LogP contribution in [0.1, 0.15) is 361 Å². The zero-order valence-corrected chi connectivity index (χ0v) is 47.5. The van der Waals surface area contributed by atoms with Crippen molar-refractivity contribution in [3.63, 3.8) is 0 Å². The maximum Gasteiger partial charge on any atom is 0.305 e. The molecule has 0 saturated carbocycles. The topological polar surface area (TPSA) is 95.9 Å². The average molecular weight is 989 g/mol. The molecule has 0 fully saturated rings. The van der Waals surface area contributed by atoms with E-state index in [9.17, 15) is 19.8 Å². The van der Waals surface area contributed by atoms with Crippen LogP contribution in [0.4, 0.5) is 0 Å². The van der Waals surface area contributed by atoms with Gasteiger partial charge < -0.3 is 20.3 Å². The van der Waals surface area contributed by atoms with E-state index in [2.05, 4.69) is 31.3 Å². The number of nitrogens with one attached hydrogen (secondary N) is 1. The van der Waals surface area contributed by atoms with Crippen molar-refractivity contribution in [2.45, 2.75) is 373 Å². The molecule has 0 aliphatic carbocycles. The van der Waals surface area contributed by atoms with Gasteiger partial charge >= 0.3 is 5.97 Å². The molecule has 416 valence electrons. The first-order valence-electron chi connectivity index (χ1n) is 31.9. The fourth-order valence-electron chi connectivity index (χ4n) is 10.2. The van der Waals surface area contributed by atoms with Gasteiger partial charge in [-0.1, -0.05) is 309 Å². The molecule has 0 aromatic rings. The Labute approximate surface area is 438 Å². The second kappa shape index (κ2) is 60.2. The lowest BCUT2D eigenvalue weighted by Crippen LogP contribution is -2.45. The SMILES string of the molecule is CCCCCCCCCCCCCCC(O)C(CO)NC(=O)CCCCCCCCCCCCCCCC/C=C\CCCCCCCCCCCCCCOC(=O)CCCCCCCCCCCCC. The number of hydrogen-bond donors (Lipinski definition) is 3. The lowest BCUT2D eigenvalue weighted by molar-refractivity contribution is -0.143. The summed E-state index contributed by atoms with van der Waals surface area (Å²) in [6, 6.07) is -0.538. The zero-order chi connectivity index (χ0) is 50.7. The van der Waals surface area contributed by atoms with Crippen LogP contribution >= 0.6 is 0 Å². The number of carbonyl (C=O) groups excluding carboxylic acids is 2. The van der Waals surface area contributed by atoms with Crippen LogP contribution in [-0.4, -0.2) is 47.4 Å². The molecule has 0 spiro atoms. The van der Waals surface area contributed by atoms with Gasteiger partial charge in [0.1, 0.15) is 0 Å². The minimum absolute atomic E-state index is 0.0173. The normalized spacial score (nSPS) is 12.6. The van der Waals surface area contributed by atoms with Gasteiger partial charge in [-0.15, -0.1) is 0 Å². The highest BCUT2D eigenvalue weighted by Crippen LogP contribution is 2.18. The number of aliphatic hydroxyl groups is 2. The third kappa shape index (κ3) is 55.9. The number of unbranched alkanes of at least 4 members (excludes halogenated alkanes) is 47. The highest BCUT2D eigenvalue weighted by molar-refractivity contribution is 5.76. The number of amides is 1. The van der Waals surface area contributed by atoms with Crippen molar-refractivity contribution in [2.75, 3.05) is 13.2 Å². The Bertz CT molecular complexity index is 1050. The standard InChI is InChI=1S/C64H125NO5/c1-3-5-7-9-11-13-15-37-40-44-48-52-56-62(67)61(60-66)65-63(68)57-53-49-45-41-38-34-32-30-28-26-24-22-20-18-16-17-19-21-23-25-27-29-31-33-35-39-43-47-51-55-59-70-64(69)58-54-50-46-42-36-14-12-10-8-6-4-2/h17,19,61-62,66-67H,3-16,18,20-60H2,1-2H3,(H,65,68)/b19-17-. The molecular formula is C64H125NO5. The second-order valence-electron chi connectivity index (χ2n) is 22.1. The molecule has 0 aromatic heterocycles. The van der Waals surface area contributed by atoms with E-state index in [1.165, 1.54) is 289 Å². The molecule has 0 radical (unpaired) electrons. The first kappa shape index (κ1) is 68.6. The van der Waals surface area contributed by atoms with E-state index in [0.29, 0.717) is 25.9 Å². The van der Waals surface area contributed by atoms with Crippen LogP contribution in [0.2, 0.25) is 0 Å². The van der Waals surface area contributed by atoms with E-state index >= 15 is 0 Å². The molecule has 0 heterocycles. The van der Waals surface area contributed by atoms with Gasteiger partial charge in [-0.2, -0.15) is 0 Å². The van der Waals surface area contributed by atoms with Crippen molar-refractivity contribution in [1.82, 2.24) is 5.32 Å². The average Bonchev–Trinajstić information content (AvgIpc) is 3.36. The summed E-state index contributed by atoms with van der Waals surface area (Å²) in [6.45, 7) is 4.97. The number of hydrogen-bond acceptors (Lipinski definition) is 5. The summed E-state index contributed by atoms with van der Waals surface area (Å²) in [5.41, 5.74) is 0. The van der Waals surface area contributed by atoms with Crippen LogP contribution in [0.5, 0.6) is 0 Å². The van der Waals surface area contributed by atoms with Crippen LogP contribution < -0.4 is 5.32 Å². The molecule has 0 saturated heterocycles. The molecule has 0 aromatic carbocycles. The van der Waals surface area contributed by atoms with E-state index in [1.807, 2.05) is 0 Å². The van der Waals surface area contributed by atoms with Crippen molar-refractivity contribution in [2.24, 2.45) is 0 Å². The first-order chi connectivity index (χ1) is 34.5. The Morgan fingerprint density at radius 3 is 1.01 bits per heavy atom. The molecule has 2 atom stereocenters. The number of allylic oxidation sites excluding steroid dienone is 2. The van der Waals surface area contributed by atoms with Gasteiger partial charge in [-0.3, -0.25) is 9.59 Å². The number of rotatable bonds is 60. The van der Waals surface area contributed by atoms with Gasteiger partial charge in [0.25, 0.3) is 0 Å². The fourth-order valence-corrected chi connectivity index (χ4v) is 10.2. The molecule has 3 N–H and O–H groups in total. The van der Waals surface area contributed by atoms with Crippen LogP contribution in [0.3, 0.4) is 0 Å². The quantitative estimate of drug-likeness (QED) is 0.0321. The van der Waals surface area contributed by atoms with Gasteiger partial charge in [0, 0.05) is 12.8 Å².